The highest BCUT2D eigenvalue weighted by molar-refractivity contribution is 5.41. The van der Waals surface area contributed by atoms with Crippen LogP contribution in [0.4, 0.5) is 0 Å². The monoisotopic (exact) mass is 180 g/mol. The van der Waals surface area contributed by atoms with Crippen LogP contribution in [-0.4, -0.2) is 12.6 Å². The average molecular weight is 180 g/mol. The van der Waals surface area contributed by atoms with Gasteiger partial charge in [-0.25, -0.2) is 0 Å². The summed E-state index contributed by atoms with van der Waals surface area (Å²) < 4.78 is 4.84. The molecule has 1 atom stereocenters. The first-order valence-corrected chi connectivity index (χ1v) is 4.22. The molecule has 1 unspecified atom stereocenters. The Kier molecular flexibility index (Phi) is 5.60. The number of carbonyl (C=O) groups excluding carboxylic acids is 1. The van der Waals surface area contributed by atoms with E-state index in [1.807, 2.05) is 32.9 Å². The largest absolute Gasteiger partial charge is 0.460 e. The lowest BCUT2D eigenvalue weighted by Crippen LogP contribution is -2.10. The van der Waals surface area contributed by atoms with Crippen molar-refractivity contribution >= 4 is 6.47 Å². The highest BCUT2D eigenvalue weighted by Gasteiger charge is 2.07. The van der Waals surface area contributed by atoms with Crippen LogP contribution in [0.25, 0.3) is 0 Å². The van der Waals surface area contributed by atoms with E-state index in [0.717, 1.165) is 11.1 Å². The quantitative estimate of drug-likeness (QED) is 0.480. The zero-order valence-electron chi connectivity index (χ0n) is 8.41. The van der Waals surface area contributed by atoms with E-state index in [4.69, 9.17) is 4.74 Å². The second kappa shape index (κ2) is 6.23. The van der Waals surface area contributed by atoms with Gasteiger partial charge in [0.2, 0.25) is 0 Å². The van der Waals surface area contributed by atoms with Gasteiger partial charge in [0.05, 0.1) is 0 Å². The van der Waals surface area contributed by atoms with Crippen LogP contribution in [0, 0.1) is 0 Å². The Hall–Kier alpha value is -1.31. The summed E-state index contributed by atoms with van der Waals surface area (Å²) in [4.78, 5) is 10.1. The van der Waals surface area contributed by atoms with E-state index in [-0.39, 0.29) is 6.10 Å². The van der Waals surface area contributed by atoms with Gasteiger partial charge >= 0.3 is 0 Å². The molecule has 0 aromatic carbocycles. The third-order valence-corrected chi connectivity index (χ3v) is 1.81. The third-order valence-electron chi connectivity index (χ3n) is 1.81. The fraction of sp³-hybridized carbons (Fsp3) is 0.364. The van der Waals surface area contributed by atoms with Gasteiger partial charge in [0.25, 0.3) is 6.47 Å². The van der Waals surface area contributed by atoms with E-state index in [1.165, 1.54) is 0 Å². The van der Waals surface area contributed by atoms with Crippen molar-refractivity contribution in [1.29, 1.82) is 0 Å². The van der Waals surface area contributed by atoms with Crippen LogP contribution in [0.3, 0.4) is 0 Å². The zero-order valence-corrected chi connectivity index (χ0v) is 8.41. The first-order chi connectivity index (χ1) is 6.17. The van der Waals surface area contributed by atoms with E-state index in [0.29, 0.717) is 6.47 Å². The molecule has 0 aromatic heterocycles. The van der Waals surface area contributed by atoms with Crippen molar-refractivity contribution in [3.63, 3.8) is 0 Å². The maximum atomic E-state index is 10.1. The Morgan fingerprint density at radius 1 is 1.54 bits per heavy atom. The summed E-state index contributed by atoms with van der Waals surface area (Å²) in [6, 6.07) is 0. The van der Waals surface area contributed by atoms with Crippen molar-refractivity contribution < 1.29 is 9.53 Å². The molecule has 0 fully saturated rings. The minimum atomic E-state index is -0.216. The normalized spacial score (nSPS) is 15.0. The van der Waals surface area contributed by atoms with Crippen LogP contribution in [0.1, 0.15) is 20.8 Å². The molecule has 0 saturated carbocycles. The van der Waals surface area contributed by atoms with Gasteiger partial charge in [0.1, 0.15) is 6.10 Å². The van der Waals surface area contributed by atoms with Crippen molar-refractivity contribution in [3.05, 3.63) is 36.0 Å². The molecule has 0 N–H and O–H groups in total. The molecule has 0 aliphatic carbocycles. The fourth-order valence-electron chi connectivity index (χ4n) is 1.04. The van der Waals surface area contributed by atoms with Crippen LogP contribution in [-0.2, 0) is 9.53 Å². The van der Waals surface area contributed by atoms with Crippen molar-refractivity contribution in [2.75, 3.05) is 0 Å². The zero-order chi connectivity index (χ0) is 10.3. The summed E-state index contributed by atoms with van der Waals surface area (Å²) in [7, 11) is 0. The second-order valence-corrected chi connectivity index (χ2v) is 2.72. The van der Waals surface area contributed by atoms with Crippen LogP contribution in [0.5, 0.6) is 0 Å². The lowest BCUT2D eigenvalue weighted by molar-refractivity contribution is -0.131. The van der Waals surface area contributed by atoms with Crippen LogP contribution in [0.15, 0.2) is 36.0 Å². The molecular weight excluding hydrogens is 164 g/mol. The van der Waals surface area contributed by atoms with E-state index < -0.39 is 0 Å². The molecule has 0 aliphatic heterocycles. The Bertz CT molecular complexity index is 236. The second-order valence-electron chi connectivity index (χ2n) is 2.72. The summed E-state index contributed by atoms with van der Waals surface area (Å²) in [5.41, 5.74) is 2.00. The highest BCUT2D eigenvalue weighted by Crippen LogP contribution is 2.13. The van der Waals surface area contributed by atoms with Crippen molar-refractivity contribution in [1.82, 2.24) is 0 Å². The molecule has 72 valence electrons. The Balaban J connectivity index is 4.79. The summed E-state index contributed by atoms with van der Waals surface area (Å²) >= 11 is 0. The molecule has 0 spiro atoms. The van der Waals surface area contributed by atoms with E-state index in [9.17, 15) is 4.79 Å². The van der Waals surface area contributed by atoms with Gasteiger partial charge < -0.3 is 4.74 Å². The highest BCUT2D eigenvalue weighted by atomic mass is 16.5. The first-order valence-electron chi connectivity index (χ1n) is 4.22. The maximum Gasteiger partial charge on any atom is 0.293 e. The Morgan fingerprint density at radius 3 is 2.54 bits per heavy atom. The first kappa shape index (κ1) is 11.7. The average Bonchev–Trinajstić information content (AvgIpc) is 2.13. The maximum absolute atomic E-state index is 10.1. The molecule has 0 radical (unpaired) electrons. The molecule has 0 aliphatic rings. The van der Waals surface area contributed by atoms with Crippen LogP contribution in [0.2, 0.25) is 0 Å². The molecule has 0 aromatic rings. The molecular formula is C11H16O2. The molecule has 0 bridgehead atoms. The number of carbonyl (C=O) groups is 1. The third kappa shape index (κ3) is 3.74. The molecule has 0 saturated heterocycles. The fourth-order valence-corrected chi connectivity index (χ4v) is 1.04. The lowest BCUT2D eigenvalue weighted by atomic mass is 10.0. The smallest absolute Gasteiger partial charge is 0.293 e. The number of allylic oxidation sites excluding steroid dienone is 3. The minimum Gasteiger partial charge on any atom is -0.460 e. The van der Waals surface area contributed by atoms with Crippen molar-refractivity contribution in [2.24, 2.45) is 0 Å². The van der Waals surface area contributed by atoms with Gasteiger partial charge in [0.15, 0.2) is 0 Å². The summed E-state index contributed by atoms with van der Waals surface area (Å²) in [6.45, 7) is 9.82. The van der Waals surface area contributed by atoms with Crippen LogP contribution < -0.4 is 0 Å². The van der Waals surface area contributed by atoms with E-state index in [2.05, 4.69) is 6.58 Å². The molecule has 0 amide bonds. The number of rotatable bonds is 5. The van der Waals surface area contributed by atoms with Gasteiger partial charge in [-0.3, -0.25) is 4.79 Å². The number of hydrogen-bond acceptors (Lipinski definition) is 2. The predicted molar refractivity (Wildman–Crippen MR) is 54.3 cm³/mol. The predicted octanol–water partition coefficient (Wildman–Crippen LogP) is 2.63. The van der Waals surface area contributed by atoms with E-state index >= 15 is 0 Å². The van der Waals surface area contributed by atoms with Gasteiger partial charge in [-0.2, -0.15) is 0 Å². The van der Waals surface area contributed by atoms with Gasteiger partial charge in [-0.1, -0.05) is 24.8 Å². The van der Waals surface area contributed by atoms with Gasteiger partial charge in [-0.15, -0.1) is 0 Å². The minimum absolute atomic E-state index is 0.216. The van der Waals surface area contributed by atoms with Gasteiger partial charge in [-0.05, 0) is 31.9 Å². The SMILES string of the molecule is C=C/C(C)=C(\C=C/C)C(C)OC=O. The standard InChI is InChI=1S/C11H16O2/c1-5-7-11(9(3)6-2)10(4)13-8-12/h5-8,10H,2H2,1,3-4H3/b7-5-,11-9+. The number of ether oxygens (including phenoxy) is 1. The summed E-state index contributed by atoms with van der Waals surface area (Å²) in [6.07, 6.45) is 5.37. The summed E-state index contributed by atoms with van der Waals surface area (Å²) in [5, 5.41) is 0. The molecule has 0 rings (SSSR count). The molecule has 2 nitrogen and oxygen atoms in total. The molecule has 2 heteroatoms. The lowest BCUT2D eigenvalue weighted by Gasteiger charge is -2.12. The molecule has 13 heavy (non-hydrogen) atoms. The Morgan fingerprint density at radius 2 is 2.15 bits per heavy atom. The molecule has 0 heterocycles. The van der Waals surface area contributed by atoms with Crippen LogP contribution >= 0.6 is 0 Å². The van der Waals surface area contributed by atoms with Crippen molar-refractivity contribution in [3.8, 4) is 0 Å². The van der Waals surface area contributed by atoms with Gasteiger partial charge in [0, 0.05) is 0 Å². The topological polar surface area (TPSA) is 26.3 Å². The Labute approximate surface area is 79.6 Å². The summed E-state index contributed by atoms with van der Waals surface area (Å²) in [5.74, 6) is 0. The number of hydrogen-bond donors (Lipinski definition) is 0. The van der Waals surface area contributed by atoms with Crippen molar-refractivity contribution in [2.45, 2.75) is 26.9 Å². The van der Waals surface area contributed by atoms with E-state index in [1.54, 1.807) is 6.08 Å².